The molecule has 0 heterocycles. The summed E-state index contributed by atoms with van der Waals surface area (Å²) in [6.45, 7) is 2.31. The summed E-state index contributed by atoms with van der Waals surface area (Å²) in [6.07, 6.45) is 22.4. The predicted molar refractivity (Wildman–Crippen MR) is 153 cm³/mol. The zero-order valence-corrected chi connectivity index (χ0v) is 22.3. The van der Waals surface area contributed by atoms with Crippen LogP contribution in [-0.2, 0) is 6.42 Å². The van der Waals surface area contributed by atoms with E-state index in [9.17, 15) is 0 Å². The lowest BCUT2D eigenvalue weighted by molar-refractivity contribution is 0.155. The molecule has 0 aromatic heterocycles. The van der Waals surface area contributed by atoms with Gasteiger partial charge in [-0.1, -0.05) is 95.0 Å². The third-order valence-corrected chi connectivity index (χ3v) is 9.34. The Morgan fingerprint density at radius 3 is 2.00 bits per heavy atom. The van der Waals surface area contributed by atoms with Crippen molar-refractivity contribution < 1.29 is 0 Å². The van der Waals surface area contributed by atoms with Gasteiger partial charge in [0.05, 0.1) is 0 Å². The molecule has 2 fully saturated rings. The summed E-state index contributed by atoms with van der Waals surface area (Å²) in [5, 5.41) is 0. The molecule has 2 saturated carbocycles. The van der Waals surface area contributed by atoms with E-state index < -0.39 is 0 Å². The van der Waals surface area contributed by atoms with Gasteiger partial charge in [0.15, 0.2) is 0 Å². The molecule has 4 N–H and O–H groups in total. The van der Waals surface area contributed by atoms with Gasteiger partial charge in [-0.3, -0.25) is 0 Å². The van der Waals surface area contributed by atoms with E-state index in [-0.39, 0.29) is 0 Å². The summed E-state index contributed by atoms with van der Waals surface area (Å²) < 4.78 is 0. The van der Waals surface area contributed by atoms with Crippen molar-refractivity contribution >= 4 is 11.4 Å². The minimum absolute atomic E-state index is 0.640. The molecule has 4 rings (SSSR count). The number of nitrogen functional groups attached to an aromatic ring is 2. The molecule has 2 aromatic carbocycles. The van der Waals surface area contributed by atoms with Gasteiger partial charge in [0.2, 0.25) is 0 Å². The van der Waals surface area contributed by atoms with Crippen LogP contribution in [0, 0.1) is 17.8 Å². The van der Waals surface area contributed by atoms with E-state index in [1.165, 1.54) is 113 Å². The molecular formula is C33H50N2. The molecule has 2 heteroatoms. The number of para-hydroxylation sites is 1. The van der Waals surface area contributed by atoms with Gasteiger partial charge in [0.25, 0.3) is 0 Å². The molecule has 2 aliphatic rings. The highest BCUT2D eigenvalue weighted by molar-refractivity contribution is 5.57. The third-order valence-electron chi connectivity index (χ3n) is 9.34. The number of hydrogen-bond donors (Lipinski definition) is 2. The lowest BCUT2D eigenvalue weighted by Crippen LogP contribution is -2.25. The Morgan fingerprint density at radius 1 is 0.686 bits per heavy atom. The van der Waals surface area contributed by atoms with E-state index in [4.69, 9.17) is 11.5 Å². The minimum atomic E-state index is 0.640. The average molecular weight is 475 g/mol. The summed E-state index contributed by atoms with van der Waals surface area (Å²) in [4.78, 5) is 0. The number of unbranched alkanes of at least 4 members (excludes halogenated alkanes) is 5. The fourth-order valence-electron chi connectivity index (χ4n) is 7.06. The van der Waals surface area contributed by atoms with Crippen LogP contribution in [0.2, 0.25) is 0 Å². The van der Waals surface area contributed by atoms with Gasteiger partial charge in [-0.2, -0.15) is 0 Å². The molecule has 0 spiro atoms. The van der Waals surface area contributed by atoms with Crippen LogP contribution < -0.4 is 11.5 Å². The van der Waals surface area contributed by atoms with Crippen LogP contribution in [0.25, 0.3) is 0 Å². The molecule has 0 aliphatic heterocycles. The molecule has 0 bridgehead atoms. The van der Waals surface area contributed by atoms with Gasteiger partial charge in [-0.05, 0) is 97.4 Å². The maximum Gasteiger partial charge on any atom is 0.0385 e. The van der Waals surface area contributed by atoms with Crippen LogP contribution in [0.15, 0.2) is 42.5 Å². The van der Waals surface area contributed by atoms with Crippen LogP contribution in [0.5, 0.6) is 0 Å². The molecule has 2 aromatic rings. The minimum Gasteiger partial charge on any atom is -0.399 e. The monoisotopic (exact) mass is 474 g/mol. The van der Waals surface area contributed by atoms with Gasteiger partial charge in [-0.25, -0.2) is 0 Å². The molecule has 192 valence electrons. The summed E-state index contributed by atoms with van der Waals surface area (Å²) in [7, 11) is 0. The van der Waals surface area contributed by atoms with Crippen LogP contribution in [-0.4, -0.2) is 0 Å². The lowest BCUT2D eigenvalue weighted by atomic mass is 9.67. The van der Waals surface area contributed by atoms with Crippen molar-refractivity contribution in [3.05, 3.63) is 59.2 Å². The van der Waals surface area contributed by atoms with Crippen LogP contribution in [0.4, 0.5) is 11.4 Å². The lowest BCUT2D eigenvalue weighted by Gasteiger charge is -2.38. The quantitative estimate of drug-likeness (QED) is 0.252. The maximum absolute atomic E-state index is 6.73. The first-order chi connectivity index (χ1) is 17.1. The highest BCUT2D eigenvalue weighted by Gasteiger charge is 2.31. The van der Waals surface area contributed by atoms with Crippen molar-refractivity contribution in [2.45, 2.75) is 116 Å². The number of anilines is 2. The highest BCUT2D eigenvalue weighted by atomic mass is 14.6. The first-order valence-electron chi connectivity index (χ1n) is 14.9. The van der Waals surface area contributed by atoms with Crippen LogP contribution in [0.1, 0.15) is 126 Å². The van der Waals surface area contributed by atoms with E-state index in [2.05, 4.69) is 37.3 Å². The second-order valence-electron chi connectivity index (χ2n) is 11.8. The Balaban J connectivity index is 1.21. The van der Waals surface area contributed by atoms with E-state index in [0.29, 0.717) is 5.92 Å². The maximum atomic E-state index is 6.73. The third kappa shape index (κ3) is 7.51. The molecule has 35 heavy (non-hydrogen) atoms. The number of hydrogen-bond acceptors (Lipinski definition) is 2. The first kappa shape index (κ1) is 26.1. The molecule has 0 atom stereocenters. The van der Waals surface area contributed by atoms with Crippen molar-refractivity contribution in [1.82, 2.24) is 0 Å². The van der Waals surface area contributed by atoms with E-state index in [0.717, 1.165) is 35.5 Å². The summed E-state index contributed by atoms with van der Waals surface area (Å²) >= 11 is 0. The van der Waals surface area contributed by atoms with Crippen molar-refractivity contribution in [3.8, 4) is 0 Å². The average Bonchev–Trinajstić information content (AvgIpc) is 2.89. The number of nitrogens with two attached hydrogens (primary N) is 2. The largest absolute Gasteiger partial charge is 0.399 e. The molecular weight excluding hydrogens is 424 g/mol. The molecule has 0 saturated heterocycles. The summed E-state index contributed by atoms with van der Waals surface area (Å²) in [5.41, 5.74) is 18.4. The predicted octanol–water partition coefficient (Wildman–Crippen LogP) is 9.27. The Kier molecular flexibility index (Phi) is 9.98. The first-order valence-corrected chi connectivity index (χ1v) is 14.9. The molecule has 2 aliphatic carbocycles. The SMILES string of the molecule is CCCCCCCCC1CCC(C2CCC(c3cccc(Cc4ccc(N)cc4)c3N)CC2)CC1. The molecule has 0 amide bonds. The summed E-state index contributed by atoms with van der Waals surface area (Å²) in [6, 6.07) is 14.9. The van der Waals surface area contributed by atoms with Crippen molar-refractivity contribution in [1.29, 1.82) is 0 Å². The fourth-order valence-corrected chi connectivity index (χ4v) is 7.06. The van der Waals surface area contributed by atoms with Crippen LogP contribution in [0.3, 0.4) is 0 Å². The smallest absolute Gasteiger partial charge is 0.0385 e. The van der Waals surface area contributed by atoms with Crippen molar-refractivity contribution in [3.63, 3.8) is 0 Å². The van der Waals surface area contributed by atoms with Gasteiger partial charge >= 0.3 is 0 Å². The zero-order chi connectivity index (χ0) is 24.5. The standard InChI is InChI=1S/C33H50N2/c1-2-3-4-5-6-7-9-25-12-16-27(17-13-25)28-18-20-29(21-19-28)32-11-8-10-30(33(32)35)24-26-14-22-31(34)23-15-26/h8,10-11,14-15,22-23,25,27-29H,2-7,9,12-13,16-21,24,34-35H2,1H3. The van der Waals surface area contributed by atoms with Gasteiger partial charge < -0.3 is 11.5 Å². The Labute approximate surface area is 215 Å². The molecule has 0 unspecified atom stereocenters. The number of rotatable bonds is 11. The van der Waals surface area contributed by atoms with Gasteiger partial charge in [-0.15, -0.1) is 0 Å². The Bertz CT molecular complexity index is 870. The van der Waals surface area contributed by atoms with E-state index in [1.807, 2.05) is 12.1 Å². The van der Waals surface area contributed by atoms with Gasteiger partial charge in [0.1, 0.15) is 0 Å². The van der Waals surface area contributed by atoms with E-state index in [1.54, 1.807) is 0 Å². The van der Waals surface area contributed by atoms with Crippen molar-refractivity contribution in [2.75, 3.05) is 11.5 Å². The topological polar surface area (TPSA) is 52.0 Å². The second-order valence-corrected chi connectivity index (χ2v) is 11.8. The molecule has 0 radical (unpaired) electrons. The Hall–Kier alpha value is -1.96. The summed E-state index contributed by atoms with van der Waals surface area (Å²) in [5.74, 6) is 3.62. The molecule has 2 nitrogen and oxygen atoms in total. The fraction of sp³-hybridized carbons (Fsp3) is 0.636. The van der Waals surface area contributed by atoms with Gasteiger partial charge in [0, 0.05) is 11.4 Å². The second kappa shape index (κ2) is 13.4. The van der Waals surface area contributed by atoms with Crippen LogP contribution >= 0.6 is 0 Å². The highest BCUT2D eigenvalue weighted by Crippen LogP contribution is 2.45. The van der Waals surface area contributed by atoms with E-state index >= 15 is 0 Å². The number of benzene rings is 2. The zero-order valence-electron chi connectivity index (χ0n) is 22.3. The van der Waals surface area contributed by atoms with Crippen molar-refractivity contribution in [2.24, 2.45) is 17.8 Å². The Morgan fingerprint density at radius 2 is 1.31 bits per heavy atom. The normalized spacial score (nSPS) is 24.9.